The van der Waals surface area contributed by atoms with Gasteiger partial charge in [-0.2, -0.15) is 5.26 Å². The largest absolute Gasteiger partial charge is 0.490 e. The van der Waals surface area contributed by atoms with E-state index >= 15 is 0 Å². The van der Waals surface area contributed by atoms with E-state index in [-0.39, 0.29) is 5.56 Å². The number of carboxylic acid groups (broad SMARTS) is 1. The summed E-state index contributed by atoms with van der Waals surface area (Å²) in [4.78, 5) is 11.1. The van der Waals surface area contributed by atoms with Gasteiger partial charge in [0, 0.05) is 5.56 Å². The van der Waals surface area contributed by atoms with Crippen LogP contribution in [0.4, 0.5) is 0 Å². The summed E-state index contributed by atoms with van der Waals surface area (Å²) in [6.45, 7) is 8.68. The van der Waals surface area contributed by atoms with Crippen LogP contribution in [0, 0.1) is 18.3 Å². The van der Waals surface area contributed by atoms with Crippen LogP contribution >= 0.6 is 0 Å². The minimum Gasteiger partial charge on any atom is -0.490 e. The number of hydrogen-bond acceptors (Lipinski definition) is 4. The highest BCUT2D eigenvalue weighted by Crippen LogP contribution is 2.36. The van der Waals surface area contributed by atoms with Gasteiger partial charge >= 0.3 is 5.97 Å². The molecule has 0 unspecified atom stereocenters. The third-order valence-electron chi connectivity index (χ3n) is 5.20. The van der Waals surface area contributed by atoms with Crippen LogP contribution in [0.5, 0.6) is 11.5 Å². The maximum Gasteiger partial charge on any atom is 0.335 e. The Kier molecular flexibility index (Phi) is 8.26. The van der Waals surface area contributed by atoms with Crippen molar-refractivity contribution < 1.29 is 19.4 Å². The number of carbonyl (C=O) groups is 1. The Morgan fingerprint density at radius 2 is 1.74 bits per heavy atom. The zero-order chi connectivity index (χ0) is 24.5. The first-order chi connectivity index (χ1) is 16.4. The Labute approximate surface area is 200 Å². The smallest absolute Gasteiger partial charge is 0.335 e. The lowest BCUT2D eigenvalue weighted by molar-refractivity contribution is 0.0697. The van der Waals surface area contributed by atoms with E-state index in [0.29, 0.717) is 42.3 Å². The molecule has 3 aromatic carbocycles. The van der Waals surface area contributed by atoms with Gasteiger partial charge in [0.05, 0.1) is 23.8 Å². The molecular weight excluding hydrogens is 426 g/mol. The molecular formula is C29H27NO4. The molecule has 0 amide bonds. The SMILES string of the molecule is C=CCc1cc(/C=C(/C#N)c2ccc(C(=O)O)cc2)cc(OCC)c1OCc1ccc(C)cc1. The van der Waals surface area contributed by atoms with Crippen molar-refractivity contribution in [3.63, 3.8) is 0 Å². The third-order valence-corrected chi connectivity index (χ3v) is 5.20. The maximum atomic E-state index is 11.1. The van der Waals surface area contributed by atoms with Gasteiger partial charge in [-0.25, -0.2) is 4.79 Å². The third kappa shape index (κ3) is 6.14. The molecule has 172 valence electrons. The van der Waals surface area contributed by atoms with Crippen molar-refractivity contribution in [2.45, 2.75) is 26.9 Å². The molecule has 5 nitrogen and oxygen atoms in total. The first kappa shape index (κ1) is 24.3. The predicted molar refractivity (Wildman–Crippen MR) is 134 cm³/mol. The molecule has 0 aromatic heterocycles. The molecule has 0 atom stereocenters. The monoisotopic (exact) mass is 453 g/mol. The Balaban J connectivity index is 1.98. The standard InChI is InChI=1S/C29H27NO4/c1-4-6-25-15-22(16-26(18-30)23-11-13-24(14-12-23)29(31)32)17-27(33-5-2)28(25)34-19-21-9-7-20(3)8-10-21/h4,7-17H,1,5-6,19H2,2-3H3,(H,31,32)/b26-16-. The lowest BCUT2D eigenvalue weighted by Crippen LogP contribution is -2.03. The molecule has 3 aromatic rings. The number of aryl methyl sites for hydroxylation is 1. The second-order valence-corrected chi connectivity index (χ2v) is 7.76. The minimum absolute atomic E-state index is 0.169. The Morgan fingerprint density at radius 3 is 2.32 bits per heavy atom. The summed E-state index contributed by atoms with van der Waals surface area (Å²) < 4.78 is 12.1. The van der Waals surface area contributed by atoms with Crippen molar-refractivity contribution in [2.75, 3.05) is 6.61 Å². The second-order valence-electron chi connectivity index (χ2n) is 7.76. The van der Waals surface area contributed by atoms with Crippen LogP contribution in [0.15, 0.2) is 73.3 Å². The number of benzene rings is 3. The molecule has 0 aliphatic heterocycles. The van der Waals surface area contributed by atoms with E-state index in [9.17, 15) is 10.1 Å². The number of nitriles is 1. The van der Waals surface area contributed by atoms with Crippen molar-refractivity contribution in [1.82, 2.24) is 0 Å². The van der Waals surface area contributed by atoms with E-state index in [1.807, 2.05) is 50.2 Å². The zero-order valence-corrected chi connectivity index (χ0v) is 19.4. The summed E-state index contributed by atoms with van der Waals surface area (Å²) in [5.41, 5.74) is 5.14. The van der Waals surface area contributed by atoms with Crippen LogP contribution < -0.4 is 9.47 Å². The summed E-state index contributed by atoms with van der Waals surface area (Å²) in [6, 6.07) is 20.4. The van der Waals surface area contributed by atoms with Gasteiger partial charge in [0.1, 0.15) is 6.61 Å². The number of rotatable bonds is 10. The Morgan fingerprint density at radius 1 is 1.06 bits per heavy atom. The zero-order valence-electron chi connectivity index (χ0n) is 19.4. The minimum atomic E-state index is -1.01. The number of aromatic carboxylic acids is 1. The van der Waals surface area contributed by atoms with E-state index in [4.69, 9.17) is 14.6 Å². The highest BCUT2D eigenvalue weighted by molar-refractivity contribution is 5.92. The molecule has 34 heavy (non-hydrogen) atoms. The van der Waals surface area contributed by atoms with Gasteiger partial charge in [0.25, 0.3) is 0 Å². The van der Waals surface area contributed by atoms with E-state index in [1.54, 1.807) is 24.3 Å². The first-order valence-electron chi connectivity index (χ1n) is 11.0. The number of nitrogens with zero attached hydrogens (tertiary/aromatic N) is 1. The molecule has 0 bridgehead atoms. The van der Waals surface area contributed by atoms with Crippen LogP contribution in [0.1, 0.15) is 45.1 Å². The fourth-order valence-electron chi connectivity index (χ4n) is 3.48. The molecule has 1 N–H and O–H groups in total. The molecule has 0 spiro atoms. The van der Waals surface area contributed by atoms with Crippen molar-refractivity contribution >= 4 is 17.6 Å². The molecule has 0 aliphatic rings. The quantitative estimate of drug-likeness (QED) is 0.216. The lowest BCUT2D eigenvalue weighted by Gasteiger charge is -2.17. The van der Waals surface area contributed by atoms with Crippen molar-refractivity contribution in [2.24, 2.45) is 0 Å². The van der Waals surface area contributed by atoms with E-state index in [2.05, 4.69) is 12.6 Å². The predicted octanol–water partition coefficient (Wildman–Crippen LogP) is 6.46. The summed E-state index contributed by atoms with van der Waals surface area (Å²) in [5, 5.41) is 18.9. The molecule has 5 heteroatoms. The van der Waals surface area contributed by atoms with Crippen LogP contribution in [0.2, 0.25) is 0 Å². The first-order valence-corrected chi connectivity index (χ1v) is 11.0. The number of hydrogen-bond donors (Lipinski definition) is 1. The van der Waals surface area contributed by atoms with E-state index < -0.39 is 5.97 Å². The van der Waals surface area contributed by atoms with Crippen LogP contribution in [-0.4, -0.2) is 17.7 Å². The van der Waals surface area contributed by atoms with Gasteiger partial charge in [-0.15, -0.1) is 6.58 Å². The normalized spacial score (nSPS) is 10.9. The highest BCUT2D eigenvalue weighted by Gasteiger charge is 2.14. The summed E-state index contributed by atoms with van der Waals surface area (Å²) in [7, 11) is 0. The molecule has 0 heterocycles. The van der Waals surface area contributed by atoms with Crippen molar-refractivity contribution in [3.8, 4) is 17.6 Å². The maximum absolute atomic E-state index is 11.1. The fraction of sp³-hybridized carbons (Fsp3) is 0.172. The average Bonchev–Trinajstić information content (AvgIpc) is 2.83. The van der Waals surface area contributed by atoms with Gasteiger partial charge in [-0.05, 0) is 67.3 Å². The molecule has 0 saturated heterocycles. The molecule has 0 radical (unpaired) electrons. The topological polar surface area (TPSA) is 79.6 Å². The van der Waals surface area contributed by atoms with Crippen molar-refractivity contribution in [3.05, 3.63) is 107 Å². The van der Waals surface area contributed by atoms with Crippen LogP contribution in [-0.2, 0) is 13.0 Å². The fourth-order valence-corrected chi connectivity index (χ4v) is 3.48. The highest BCUT2D eigenvalue weighted by atomic mass is 16.5. The summed E-state index contributed by atoms with van der Waals surface area (Å²) in [5.74, 6) is 0.244. The summed E-state index contributed by atoms with van der Waals surface area (Å²) >= 11 is 0. The number of ether oxygens (including phenoxy) is 2. The Bertz CT molecular complexity index is 1230. The van der Waals surface area contributed by atoms with Gasteiger partial charge < -0.3 is 14.6 Å². The van der Waals surface area contributed by atoms with Gasteiger partial charge in [0.15, 0.2) is 11.5 Å². The number of carboxylic acids is 1. The molecule has 3 rings (SSSR count). The molecule has 0 aliphatic carbocycles. The van der Waals surface area contributed by atoms with E-state index in [1.165, 1.54) is 17.7 Å². The molecule has 0 saturated carbocycles. The van der Waals surface area contributed by atoms with Gasteiger partial charge in [-0.1, -0.05) is 48.0 Å². The molecule has 0 fully saturated rings. The van der Waals surface area contributed by atoms with Gasteiger partial charge in [0.2, 0.25) is 0 Å². The van der Waals surface area contributed by atoms with Crippen LogP contribution in [0.25, 0.3) is 11.6 Å². The van der Waals surface area contributed by atoms with E-state index in [0.717, 1.165) is 16.7 Å². The summed E-state index contributed by atoms with van der Waals surface area (Å²) in [6.07, 6.45) is 4.13. The average molecular weight is 454 g/mol. The van der Waals surface area contributed by atoms with Crippen LogP contribution in [0.3, 0.4) is 0 Å². The number of allylic oxidation sites excluding steroid dienone is 2. The lowest BCUT2D eigenvalue weighted by atomic mass is 10.00. The second kappa shape index (κ2) is 11.5. The van der Waals surface area contributed by atoms with Gasteiger partial charge in [-0.3, -0.25) is 0 Å². The Hall–Kier alpha value is -4.30. The van der Waals surface area contributed by atoms with Crippen molar-refractivity contribution in [1.29, 1.82) is 5.26 Å².